The predicted molar refractivity (Wildman–Crippen MR) is 164 cm³/mol. The van der Waals surface area contributed by atoms with Crippen LogP contribution >= 0.6 is 23.1 Å². The maximum atomic E-state index is 14.1. The standard InChI is InChI=1S/C29H30F3N7O8S2/c1-13(40)46-26-20(8-22(41)43-2)47-29(27(44-3)24(26)39-9-17(34-37-39)14-6-15(30)23(32)16(31)7-14)49-21-12-45-11-19(25(21)42)38-10-18(35-36-38)28-33-4-5-48-28/h4-7,9-10,19-21,24-27,29,42H,8,11-12H2,1-3H3/t19-,20+,21+,24-,25+,26-,27+,29-/m0/s1. The summed E-state index contributed by atoms with van der Waals surface area (Å²) in [5, 5.41) is 29.9. The molecule has 0 amide bonds. The van der Waals surface area contributed by atoms with E-state index < -0.39 is 76.6 Å². The van der Waals surface area contributed by atoms with Gasteiger partial charge in [-0.25, -0.2) is 27.5 Å². The first kappa shape index (κ1) is 34.9. The normalized spacial score (nSPS) is 27.2. The zero-order valence-electron chi connectivity index (χ0n) is 26.1. The van der Waals surface area contributed by atoms with E-state index in [9.17, 15) is 27.9 Å². The van der Waals surface area contributed by atoms with Gasteiger partial charge in [-0.15, -0.1) is 33.3 Å². The number of nitrogens with zero attached hydrogens (tertiary/aromatic N) is 7. The number of esters is 2. The molecule has 15 nitrogen and oxygen atoms in total. The Balaban J connectivity index is 1.31. The summed E-state index contributed by atoms with van der Waals surface area (Å²) in [6.07, 6.45) is -0.00577. The molecule has 2 aliphatic heterocycles. The number of aliphatic hydroxyl groups excluding tert-OH is 1. The largest absolute Gasteiger partial charge is 0.469 e. The van der Waals surface area contributed by atoms with Crippen LogP contribution in [-0.2, 0) is 33.3 Å². The molecule has 0 radical (unpaired) electrons. The Bertz CT molecular complexity index is 1760. The number of halogens is 3. The van der Waals surface area contributed by atoms with Gasteiger partial charge in [-0.2, -0.15) is 0 Å². The van der Waals surface area contributed by atoms with E-state index in [1.54, 1.807) is 12.4 Å². The molecule has 0 spiro atoms. The minimum atomic E-state index is -1.64. The van der Waals surface area contributed by atoms with E-state index in [-0.39, 0.29) is 30.9 Å². The fourth-order valence-electron chi connectivity index (χ4n) is 5.72. The van der Waals surface area contributed by atoms with Crippen molar-refractivity contribution in [3.05, 3.63) is 53.6 Å². The van der Waals surface area contributed by atoms with Gasteiger partial charge in [-0.05, 0) is 12.1 Å². The summed E-state index contributed by atoms with van der Waals surface area (Å²) in [5.41, 5.74) is -0.536. The van der Waals surface area contributed by atoms with E-state index >= 15 is 0 Å². The molecule has 2 aliphatic rings. The highest BCUT2D eigenvalue weighted by Gasteiger charge is 2.52. The topological polar surface area (TPSA) is 175 Å². The lowest BCUT2D eigenvalue weighted by Gasteiger charge is -2.46. The Morgan fingerprint density at radius 2 is 1.78 bits per heavy atom. The lowest BCUT2D eigenvalue weighted by Crippen LogP contribution is -2.57. The Hall–Kier alpha value is -3.95. The Morgan fingerprint density at radius 3 is 2.45 bits per heavy atom. The molecule has 1 aromatic carbocycles. The molecule has 0 bridgehead atoms. The monoisotopic (exact) mass is 725 g/mol. The molecule has 8 atom stereocenters. The number of hydrogen-bond donors (Lipinski definition) is 1. The Morgan fingerprint density at radius 1 is 1.06 bits per heavy atom. The number of methoxy groups -OCH3 is 2. The number of rotatable bonds is 10. The number of carbonyl (C=O) groups is 2. The van der Waals surface area contributed by atoms with Gasteiger partial charge in [-0.3, -0.25) is 9.59 Å². The molecule has 2 saturated heterocycles. The fraction of sp³-hybridized carbons (Fsp3) is 0.483. The third kappa shape index (κ3) is 7.33. The van der Waals surface area contributed by atoms with Crippen molar-refractivity contribution in [2.24, 2.45) is 0 Å². The number of carbonyl (C=O) groups excluding carboxylic acids is 2. The van der Waals surface area contributed by atoms with Gasteiger partial charge in [0.2, 0.25) is 0 Å². The van der Waals surface area contributed by atoms with Gasteiger partial charge in [0.25, 0.3) is 0 Å². The van der Waals surface area contributed by atoms with Crippen molar-refractivity contribution < 1.29 is 51.6 Å². The van der Waals surface area contributed by atoms with Gasteiger partial charge in [0.05, 0.1) is 50.5 Å². The summed E-state index contributed by atoms with van der Waals surface area (Å²) in [5.74, 6) is -5.86. The van der Waals surface area contributed by atoms with Crippen LogP contribution < -0.4 is 0 Å². The number of aromatic nitrogens is 7. The average Bonchev–Trinajstić information content (AvgIpc) is 3.87. The van der Waals surface area contributed by atoms with Gasteiger partial charge in [0, 0.05) is 31.2 Å². The fourth-order valence-corrected chi connectivity index (χ4v) is 7.81. The van der Waals surface area contributed by atoms with Crippen molar-refractivity contribution in [2.75, 3.05) is 27.4 Å². The molecule has 20 heteroatoms. The molecule has 4 aromatic rings. The van der Waals surface area contributed by atoms with Crippen LogP contribution in [0.5, 0.6) is 0 Å². The van der Waals surface area contributed by atoms with E-state index in [1.165, 1.54) is 48.0 Å². The summed E-state index contributed by atoms with van der Waals surface area (Å²) in [6, 6.07) is -0.118. The second kappa shape index (κ2) is 14.9. The summed E-state index contributed by atoms with van der Waals surface area (Å²) in [4.78, 5) is 29.1. The summed E-state index contributed by atoms with van der Waals surface area (Å²) in [7, 11) is 2.58. The highest BCUT2D eigenvalue weighted by molar-refractivity contribution is 8.00. The smallest absolute Gasteiger partial charge is 0.308 e. The van der Waals surface area contributed by atoms with Crippen molar-refractivity contribution in [1.29, 1.82) is 0 Å². The first-order valence-corrected chi connectivity index (χ1v) is 16.6. The van der Waals surface area contributed by atoms with Gasteiger partial charge >= 0.3 is 11.9 Å². The molecule has 262 valence electrons. The van der Waals surface area contributed by atoms with Gasteiger partial charge < -0.3 is 28.8 Å². The van der Waals surface area contributed by atoms with Crippen LogP contribution in [0.3, 0.4) is 0 Å². The average molecular weight is 726 g/mol. The molecule has 5 heterocycles. The van der Waals surface area contributed by atoms with E-state index in [0.717, 1.165) is 23.9 Å². The zero-order valence-corrected chi connectivity index (χ0v) is 27.7. The second-order valence-corrected chi connectivity index (χ2v) is 13.4. The number of aliphatic hydroxyl groups is 1. The SMILES string of the molecule is COC(=O)C[C@H]1O[C@@H](S[C@@H]2COC[C@H](n3cc(-c4nccs4)nn3)[C@H]2O)[C@H](OC)[C@@H](n2cc(-c3cc(F)c(F)c(F)c3)nn2)[C@H]1OC(C)=O. The van der Waals surface area contributed by atoms with Gasteiger partial charge in [0.1, 0.15) is 46.1 Å². The molecular weight excluding hydrogens is 695 g/mol. The third-order valence-corrected chi connectivity index (χ3v) is 10.2. The van der Waals surface area contributed by atoms with E-state index in [1.807, 2.05) is 5.38 Å². The zero-order chi connectivity index (χ0) is 34.8. The summed E-state index contributed by atoms with van der Waals surface area (Å²) in [6.45, 7) is 1.43. The molecule has 6 rings (SSSR count). The van der Waals surface area contributed by atoms with E-state index in [0.29, 0.717) is 10.7 Å². The highest BCUT2D eigenvalue weighted by atomic mass is 32.2. The van der Waals surface area contributed by atoms with Crippen LogP contribution in [0.2, 0.25) is 0 Å². The molecule has 0 aliphatic carbocycles. The van der Waals surface area contributed by atoms with Crippen LogP contribution in [0.25, 0.3) is 22.0 Å². The molecule has 49 heavy (non-hydrogen) atoms. The Labute approximate surface area is 284 Å². The third-order valence-electron chi connectivity index (χ3n) is 8.04. The predicted octanol–water partition coefficient (Wildman–Crippen LogP) is 2.59. The van der Waals surface area contributed by atoms with E-state index in [2.05, 4.69) is 25.6 Å². The lowest BCUT2D eigenvalue weighted by atomic mass is 9.94. The number of thioether (sulfide) groups is 1. The van der Waals surface area contributed by atoms with Crippen LogP contribution in [0, 0.1) is 17.5 Å². The molecule has 1 N–H and O–H groups in total. The van der Waals surface area contributed by atoms with Crippen molar-refractivity contribution in [1.82, 2.24) is 35.0 Å². The minimum Gasteiger partial charge on any atom is -0.469 e. The van der Waals surface area contributed by atoms with Crippen LogP contribution in [-0.4, -0.2) is 115 Å². The van der Waals surface area contributed by atoms with Crippen molar-refractivity contribution >= 4 is 35.0 Å². The van der Waals surface area contributed by atoms with E-state index in [4.69, 9.17) is 23.7 Å². The van der Waals surface area contributed by atoms with Crippen LogP contribution in [0.15, 0.2) is 36.1 Å². The molecule has 0 unspecified atom stereocenters. The van der Waals surface area contributed by atoms with Gasteiger partial charge in [0.15, 0.2) is 23.6 Å². The second-order valence-electron chi connectivity index (χ2n) is 11.1. The molecule has 2 fully saturated rings. The van der Waals surface area contributed by atoms with Crippen molar-refractivity contribution in [2.45, 2.75) is 60.5 Å². The summed E-state index contributed by atoms with van der Waals surface area (Å²) >= 11 is 2.56. The number of ether oxygens (including phenoxy) is 5. The first-order chi connectivity index (χ1) is 23.6. The maximum absolute atomic E-state index is 14.1. The Kier molecular flexibility index (Phi) is 10.6. The molecule has 0 saturated carbocycles. The number of benzene rings is 1. The highest BCUT2D eigenvalue weighted by Crippen LogP contribution is 2.43. The first-order valence-electron chi connectivity index (χ1n) is 14.8. The molecule has 3 aromatic heterocycles. The minimum absolute atomic E-state index is 0.0293. The summed E-state index contributed by atoms with van der Waals surface area (Å²) < 4.78 is 73.3. The quantitative estimate of drug-likeness (QED) is 0.187. The molecular formula is C29H30F3N7O8S2. The van der Waals surface area contributed by atoms with Gasteiger partial charge in [-0.1, -0.05) is 10.4 Å². The maximum Gasteiger partial charge on any atom is 0.308 e. The van der Waals surface area contributed by atoms with Crippen molar-refractivity contribution in [3.8, 4) is 22.0 Å². The lowest BCUT2D eigenvalue weighted by molar-refractivity contribution is -0.203. The number of thiazole rings is 1. The van der Waals surface area contributed by atoms with Crippen LogP contribution in [0.1, 0.15) is 25.4 Å². The number of hydrogen-bond acceptors (Lipinski definition) is 15. The van der Waals surface area contributed by atoms with Crippen molar-refractivity contribution in [3.63, 3.8) is 0 Å². The van der Waals surface area contributed by atoms with Crippen LogP contribution in [0.4, 0.5) is 13.2 Å².